The van der Waals surface area contributed by atoms with E-state index >= 15 is 0 Å². The van der Waals surface area contributed by atoms with Gasteiger partial charge in [-0.05, 0) is 24.6 Å². The number of benzene rings is 2. The number of aliphatic carboxylic acids is 2. The summed E-state index contributed by atoms with van der Waals surface area (Å²) in [4.78, 5) is 47.0. The number of rotatable bonds is 10. The molecule has 9 heteroatoms. The lowest BCUT2D eigenvalue weighted by molar-refractivity contribution is -0.146. The Hall–Kier alpha value is -4.14. The quantitative estimate of drug-likeness (QED) is 0.325. The molecule has 166 valence electrons. The van der Waals surface area contributed by atoms with E-state index in [1.165, 1.54) is 6.07 Å². The molecule has 4 N–H and O–H groups in total. The highest BCUT2D eigenvalue weighted by molar-refractivity contribution is 6.45. The average molecular weight is 438 g/mol. The Morgan fingerprint density at radius 3 is 2.31 bits per heavy atom. The molecule has 0 radical (unpaired) electrons. The van der Waals surface area contributed by atoms with Crippen molar-refractivity contribution >= 4 is 34.5 Å². The van der Waals surface area contributed by atoms with Crippen LogP contribution in [0.4, 0.5) is 0 Å². The molecule has 1 amide bonds. The molecule has 0 saturated heterocycles. The Labute approximate surface area is 183 Å². The number of amides is 1. The molecular formula is C23H22N2O7. The predicted molar refractivity (Wildman–Crippen MR) is 115 cm³/mol. The molecule has 1 unspecified atom stereocenters. The third kappa shape index (κ3) is 4.61. The number of ketones is 1. The molecule has 2 aromatic carbocycles. The Kier molecular flexibility index (Phi) is 6.58. The van der Waals surface area contributed by atoms with Crippen LogP contribution in [0.5, 0.6) is 5.75 Å². The van der Waals surface area contributed by atoms with Gasteiger partial charge in [0.25, 0.3) is 11.7 Å². The van der Waals surface area contributed by atoms with Crippen molar-refractivity contribution in [3.8, 4) is 5.75 Å². The van der Waals surface area contributed by atoms with Gasteiger partial charge in [0.05, 0.1) is 16.5 Å². The minimum atomic E-state index is -1.45. The van der Waals surface area contributed by atoms with Gasteiger partial charge in [-0.15, -0.1) is 0 Å². The molecule has 3 aromatic rings. The summed E-state index contributed by atoms with van der Waals surface area (Å²) in [5, 5.41) is 18.6. The van der Waals surface area contributed by atoms with Crippen LogP contribution in [0.15, 0.2) is 48.5 Å². The van der Waals surface area contributed by atoms with Gasteiger partial charge in [-0.3, -0.25) is 14.4 Å². The minimum Gasteiger partial charge on any atom is -0.481 e. The molecule has 0 fully saturated rings. The Morgan fingerprint density at radius 2 is 1.72 bits per heavy atom. The highest BCUT2D eigenvalue weighted by Gasteiger charge is 2.28. The van der Waals surface area contributed by atoms with Crippen molar-refractivity contribution in [3.05, 3.63) is 65.4 Å². The summed E-state index contributed by atoms with van der Waals surface area (Å²) in [7, 11) is 0. The zero-order chi connectivity index (χ0) is 23.4. The zero-order valence-corrected chi connectivity index (χ0v) is 17.3. The van der Waals surface area contributed by atoms with E-state index in [9.17, 15) is 24.3 Å². The second kappa shape index (κ2) is 9.34. The van der Waals surface area contributed by atoms with Crippen molar-refractivity contribution in [3.63, 3.8) is 0 Å². The number of ether oxygens (including phenoxy) is 1. The largest absolute Gasteiger partial charge is 0.481 e. The number of aromatic nitrogens is 1. The number of hydrogen-bond acceptors (Lipinski definition) is 5. The summed E-state index contributed by atoms with van der Waals surface area (Å²) >= 11 is 0. The van der Waals surface area contributed by atoms with Crippen molar-refractivity contribution in [1.29, 1.82) is 0 Å². The molecule has 1 aromatic heterocycles. The predicted octanol–water partition coefficient (Wildman–Crippen LogP) is 2.36. The topological polar surface area (TPSA) is 149 Å². The molecule has 0 aliphatic carbocycles. The van der Waals surface area contributed by atoms with Gasteiger partial charge in [0.15, 0.2) is 6.10 Å². The number of Topliss-reactive ketones (excluding diaryl/α,β-unsaturated/α-hetero) is 1. The van der Waals surface area contributed by atoms with Crippen LogP contribution >= 0.6 is 0 Å². The molecule has 1 heterocycles. The number of hydrogen-bond donors (Lipinski definition) is 3. The van der Waals surface area contributed by atoms with E-state index in [-0.39, 0.29) is 23.1 Å². The normalized spacial score (nSPS) is 11.8. The smallest absolute Gasteiger partial charge is 0.344 e. The first-order valence-electron chi connectivity index (χ1n) is 9.81. The molecule has 0 bridgehead atoms. The molecule has 32 heavy (non-hydrogen) atoms. The third-order valence-electron chi connectivity index (χ3n) is 5.11. The lowest BCUT2D eigenvalue weighted by atomic mass is 10.1. The van der Waals surface area contributed by atoms with E-state index in [1.807, 2.05) is 34.9 Å². The SMILES string of the molecule is Cc1c(C(=O)C(N)=O)c2c(OC(CCC(=O)O)C(=O)O)cccc2n1Cc1ccccc1. The van der Waals surface area contributed by atoms with Crippen LogP contribution in [0.25, 0.3) is 10.9 Å². The summed E-state index contributed by atoms with van der Waals surface area (Å²) < 4.78 is 7.47. The monoisotopic (exact) mass is 438 g/mol. The Bertz CT molecular complexity index is 1200. The fraction of sp³-hybridized carbons (Fsp3) is 0.217. The first-order chi connectivity index (χ1) is 15.2. The number of fused-ring (bicyclic) bond motifs is 1. The van der Waals surface area contributed by atoms with Crippen LogP contribution in [0.1, 0.15) is 34.5 Å². The highest BCUT2D eigenvalue weighted by atomic mass is 16.5. The summed E-state index contributed by atoms with van der Waals surface area (Å²) in [6.45, 7) is 2.06. The summed E-state index contributed by atoms with van der Waals surface area (Å²) in [5.74, 6) is -4.52. The maximum Gasteiger partial charge on any atom is 0.344 e. The number of nitrogens with zero attached hydrogens (tertiary/aromatic N) is 1. The van der Waals surface area contributed by atoms with E-state index in [0.717, 1.165) is 5.56 Å². The van der Waals surface area contributed by atoms with Gasteiger partial charge < -0.3 is 25.3 Å². The van der Waals surface area contributed by atoms with Crippen LogP contribution in [-0.2, 0) is 20.9 Å². The lowest BCUT2D eigenvalue weighted by Crippen LogP contribution is -2.28. The standard InChI is InChI=1S/C23H22N2O7/c1-13-19(21(28)22(24)29)20-15(25(13)12-14-6-3-2-4-7-14)8-5-9-16(20)32-17(23(30)31)10-11-18(26)27/h2-9,17H,10-12H2,1H3,(H2,24,29)(H,26,27)(H,30,31). The van der Waals surface area contributed by atoms with E-state index in [2.05, 4.69) is 0 Å². The Morgan fingerprint density at radius 1 is 1.03 bits per heavy atom. The lowest BCUT2D eigenvalue weighted by Gasteiger charge is -2.16. The number of carbonyl (C=O) groups excluding carboxylic acids is 2. The number of carboxylic acids is 2. The van der Waals surface area contributed by atoms with E-state index in [4.69, 9.17) is 15.6 Å². The van der Waals surface area contributed by atoms with E-state index < -0.39 is 36.2 Å². The number of nitrogens with two attached hydrogens (primary N) is 1. The van der Waals surface area contributed by atoms with E-state index in [1.54, 1.807) is 19.1 Å². The minimum absolute atomic E-state index is 0.0291. The summed E-state index contributed by atoms with van der Waals surface area (Å²) in [6, 6.07) is 14.3. The molecule has 0 spiro atoms. The highest BCUT2D eigenvalue weighted by Crippen LogP contribution is 2.35. The summed E-state index contributed by atoms with van der Waals surface area (Å²) in [6.07, 6.45) is -2.14. The van der Waals surface area contributed by atoms with Gasteiger partial charge in [0.2, 0.25) is 0 Å². The second-order valence-electron chi connectivity index (χ2n) is 7.25. The van der Waals surface area contributed by atoms with Gasteiger partial charge in [-0.1, -0.05) is 36.4 Å². The van der Waals surface area contributed by atoms with Crippen LogP contribution < -0.4 is 10.5 Å². The van der Waals surface area contributed by atoms with Crippen molar-refractivity contribution < 1.29 is 34.1 Å². The van der Waals surface area contributed by atoms with Crippen molar-refractivity contribution in [2.45, 2.75) is 32.4 Å². The number of carboxylic acid groups (broad SMARTS) is 2. The zero-order valence-electron chi connectivity index (χ0n) is 17.3. The molecule has 0 saturated carbocycles. The van der Waals surface area contributed by atoms with Crippen LogP contribution in [0.3, 0.4) is 0 Å². The molecular weight excluding hydrogens is 416 g/mol. The first-order valence-corrected chi connectivity index (χ1v) is 9.81. The van der Waals surface area contributed by atoms with Gasteiger partial charge in [-0.25, -0.2) is 4.79 Å². The molecule has 0 aliphatic rings. The van der Waals surface area contributed by atoms with Crippen LogP contribution in [0.2, 0.25) is 0 Å². The first kappa shape index (κ1) is 22.5. The van der Waals surface area contributed by atoms with E-state index in [0.29, 0.717) is 17.8 Å². The summed E-state index contributed by atoms with van der Waals surface area (Å²) in [5.41, 5.74) is 7.27. The fourth-order valence-corrected chi connectivity index (χ4v) is 3.60. The maximum atomic E-state index is 12.7. The molecule has 3 rings (SSSR count). The van der Waals surface area contributed by atoms with Crippen LogP contribution in [0, 0.1) is 6.92 Å². The number of carbonyl (C=O) groups is 4. The molecule has 1 atom stereocenters. The van der Waals surface area contributed by atoms with Crippen LogP contribution in [-0.4, -0.2) is 44.5 Å². The van der Waals surface area contributed by atoms with Crippen molar-refractivity contribution in [2.75, 3.05) is 0 Å². The average Bonchev–Trinajstić information content (AvgIpc) is 3.03. The van der Waals surface area contributed by atoms with Crippen molar-refractivity contribution in [1.82, 2.24) is 4.57 Å². The number of primary amides is 1. The second-order valence-corrected chi connectivity index (χ2v) is 7.25. The molecule has 0 aliphatic heterocycles. The van der Waals surface area contributed by atoms with Gasteiger partial charge in [0.1, 0.15) is 5.75 Å². The van der Waals surface area contributed by atoms with Crippen molar-refractivity contribution in [2.24, 2.45) is 5.73 Å². The van der Waals surface area contributed by atoms with Gasteiger partial charge in [-0.2, -0.15) is 0 Å². The fourth-order valence-electron chi connectivity index (χ4n) is 3.60. The Balaban J connectivity index is 2.17. The van der Waals surface area contributed by atoms with Gasteiger partial charge >= 0.3 is 11.9 Å². The maximum absolute atomic E-state index is 12.7. The third-order valence-corrected chi connectivity index (χ3v) is 5.11. The molecule has 9 nitrogen and oxygen atoms in total. The van der Waals surface area contributed by atoms with Gasteiger partial charge in [0, 0.05) is 25.1 Å².